The quantitative estimate of drug-likeness (QED) is 0.271. The van der Waals surface area contributed by atoms with Gasteiger partial charge in [-0.05, 0) is 61.5 Å². The molecule has 2 amide bonds. The number of benzene rings is 2. The van der Waals surface area contributed by atoms with Crippen molar-refractivity contribution in [3.8, 4) is 0 Å². The standard InChI is InChI=1S/C34H41NO6/c36-22-14-6-4-2-1-3-5-13-19-29-20-21-31(37)32(41-29)30(24-27-17-11-8-12-18-27)33(38)35-28(25-40-34(35)39)23-26-15-9-7-10-16-26/h7-12,15-21,28,30,32,36H,1-6,13-14,22-25H2/t28-,30-,32-/m0/s1. The number of hydrogen-bond donors (Lipinski definition) is 1. The normalized spacial score (nSPS) is 20.2. The van der Waals surface area contributed by atoms with Gasteiger partial charge >= 0.3 is 6.09 Å². The fraction of sp³-hybridized carbons (Fsp3) is 0.441. The molecule has 2 heterocycles. The zero-order chi connectivity index (χ0) is 28.9. The van der Waals surface area contributed by atoms with Crippen LogP contribution in [0.2, 0.25) is 0 Å². The second-order valence-corrected chi connectivity index (χ2v) is 10.8. The molecule has 7 nitrogen and oxygen atoms in total. The summed E-state index contributed by atoms with van der Waals surface area (Å²) in [4.78, 5) is 41.2. The molecule has 1 fully saturated rings. The molecule has 0 spiro atoms. The van der Waals surface area contributed by atoms with Crippen LogP contribution in [0.15, 0.2) is 84.7 Å². The Kier molecular flexibility index (Phi) is 11.7. The van der Waals surface area contributed by atoms with Crippen LogP contribution in [-0.4, -0.2) is 53.1 Å². The van der Waals surface area contributed by atoms with E-state index in [1.54, 1.807) is 6.08 Å². The number of aliphatic hydroxyl groups is 1. The average Bonchev–Trinajstić information content (AvgIpc) is 3.36. The van der Waals surface area contributed by atoms with E-state index in [0.29, 0.717) is 12.2 Å². The number of nitrogens with zero attached hydrogens (tertiary/aromatic N) is 1. The number of unbranched alkanes of at least 4 members (excludes halogenated alkanes) is 7. The van der Waals surface area contributed by atoms with Crippen molar-refractivity contribution >= 4 is 17.8 Å². The summed E-state index contributed by atoms with van der Waals surface area (Å²) in [6.45, 7) is 0.377. The van der Waals surface area contributed by atoms with Crippen molar-refractivity contribution in [1.29, 1.82) is 0 Å². The molecule has 4 rings (SSSR count). The second-order valence-electron chi connectivity index (χ2n) is 10.8. The first kappa shape index (κ1) is 30.3. The van der Waals surface area contributed by atoms with Crippen LogP contribution in [0, 0.1) is 5.92 Å². The van der Waals surface area contributed by atoms with Gasteiger partial charge in [0.25, 0.3) is 0 Å². The maximum atomic E-state index is 14.1. The number of imide groups is 1. The van der Waals surface area contributed by atoms with Gasteiger partial charge in [-0.15, -0.1) is 0 Å². The number of ether oxygens (including phenoxy) is 2. The molecular formula is C34H41NO6. The van der Waals surface area contributed by atoms with Crippen LogP contribution in [0.3, 0.4) is 0 Å². The molecule has 0 bridgehead atoms. The SMILES string of the molecule is O=C1C=CC(=CCCCCCCCCCO)O[C@H]1[C@H](Cc1ccccc1)C(=O)N1C(=O)OC[C@@H]1Cc1ccccc1. The Bertz CT molecular complexity index is 1190. The lowest BCUT2D eigenvalue weighted by atomic mass is 9.88. The number of cyclic esters (lactones) is 1. The lowest BCUT2D eigenvalue weighted by Gasteiger charge is -2.31. The molecule has 1 N–H and O–H groups in total. The van der Waals surface area contributed by atoms with Crippen molar-refractivity contribution in [3.63, 3.8) is 0 Å². The molecule has 0 aromatic heterocycles. The number of ketones is 1. The van der Waals surface area contributed by atoms with Crippen molar-refractivity contribution in [2.75, 3.05) is 13.2 Å². The van der Waals surface area contributed by atoms with Gasteiger partial charge in [-0.3, -0.25) is 9.59 Å². The number of amides is 2. The summed E-state index contributed by atoms with van der Waals surface area (Å²) < 4.78 is 11.5. The Balaban J connectivity index is 1.45. The lowest BCUT2D eigenvalue weighted by molar-refractivity contribution is -0.143. The molecule has 0 radical (unpaired) electrons. The largest absolute Gasteiger partial charge is 0.482 e. The van der Waals surface area contributed by atoms with Crippen LogP contribution in [0.25, 0.3) is 0 Å². The van der Waals surface area contributed by atoms with Crippen molar-refractivity contribution in [1.82, 2.24) is 4.90 Å². The molecule has 2 aromatic carbocycles. The predicted molar refractivity (Wildman–Crippen MR) is 157 cm³/mol. The summed E-state index contributed by atoms with van der Waals surface area (Å²) in [5, 5.41) is 8.88. The van der Waals surface area contributed by atoms with Crippen molar-refractivity contribution in [3.05, 3.63) is 95.8 Å². The Morgan fingerprint density at radius 2 is 1.51 bits per heavy atom. The van der Waals surface area contributed by atoms with Gasteiger partial charge in [0.1, 0.15) is 12.4 Å². The highest BCUT2D eigenvalue weighted by molar-refractivity contribution is 6.02. The van der Waals surface area contributed by atoms with Gasteiger partial charge in [0.05, 0.1) is 12.0 Å². The number of carbonyl (C=O) groups is 3. The van der Waals surface area contributed by atoms with E-state index in [4.69, 9.17) is 14.6 Å². The van der Waals surface area contributed by atoms with E-state index in [9.17, 15) is 14.4 Å². The van der Waals surface area contributed by atoms with Gasteiger partial charge < -0.3 is 14.6 Å². The monoisotopic (exact) mass is 559 g/mol. The minimum atomic E-state index is -1.03. The first-order valence-electron chi connectivity index (χ1n) is 14.8. The molecule has 2 aliphatic rings. The van der Waals surface area contributed by atoms with Crippen LogP contribution in [0.5, 0.6) is 0 Å². The number of hydrogen-bond acceptors (Lipinski definition) is 6. The Morgan fingerprint density at radius 1 is 0.878 bits per heavy atom. The number of rotatable bonds is 15. The molecule has 1 saturated heterocycles. The van der Waals surface area contributed by atoms with Crippen molar-refractivity contribution in [2.45, 2.75) is 76.4 Å². The van der Waals surface area contributed by atoms with E-state index in [0.717, 1.165) is 62.5 Å². The molecule has 2 aromatic rings. The van der Waals surface area contributed by atoms with E-state index in [1.807, 2.05) is 66.7 Å². The fourth-order valence-electron chi connectivity index (χ4n) is 5.42. The molecule has 2 aliphatic heterocycles. The number of allylic oxidation sites excluding steroid dienone is 2. The zero-order valence-corrected chi connectivity index (χ0v) is 23.7. The summed E-state index contributed by atoms with van der Waals surface area (Å²) in [7, 11) is 0. The molecular weight excluding hydrogens is 518 g/mol. The average molecular weight is 560 g/mol. The molecule has 0 unspecified atom stereocenters. The highest BCUT2D eigenvalue weighted by atomic mass is 16.6. The molecule has 41 heavy (non-hydrogen) atoms. The zero-order valence-electron chi connectivity index (χ0n) is 23.7. The summed E-state index contributed by atoms with van der Waals surface area (Å²) in [5.74, 6) is -1.05. The smallest absolute Gasteiger partial charge is 0.416 e. The van der Waals surface area contributed by atoms with Crippen molar-refractivity contribution < 1.29 is 29.0 Å². The molecule has 7 heteroatoms. The topological polar surface area (TPSA) is 93.1 Å². The van der Waals surface area contributed by atoms with Gasteiger partial charge in [0.2, 0.25) is 5.91 Å². The summed E-state index contributed by atoms with van der Waals surface area (Å²) >= 11 is 0. The van der Waals surface area contributed by atoms with Crippen molar-refractivity contribution in [2.24, 2.45) is 5.92 Å². The van der Waals surface area contributed by atoms with Crippen LogP contribution in [-0.2, 0) is 31.9 Å². The summed E-state index contributed by atoms with van der Waals surface area (Å²) in [6, 6.07) is 18.7. The van der Waals surface area contributed by atoms with Gasteiger partial charge in [0, 0.05) is 6.61 Å². The minimum Gasteiger partial charge on any atom is -0.482 e. The number of aliphatic hydroxyl groups excluding tert-OH is 1. The Labute approximate surface area is 242 Å². The van der Waals surface area contributed by atoms with Crippen LogP contribution < -0.4 is 0 Å². The fourth-order valence-corrected chi connectivity index (χ4v) is 5.42. The van der Waals surface area contributed by atoms with E-state index >= 15 is 0 Å². The summed E-state index contributed by atoms with van der Waals surface area (Å²) in [5.41, 5.74) is 1.88. The molecule has 0 saturated carbocycles. The van der Waals surface area contributed by atoms with E-state index < -0.39 is 30.1 Å². The van der Waals surface area contributed by atoms with Gasteiger partial charge in [-0.25, -0.2) is 9.69 Å². The van der Waals surface area contributed by atoms with Gasteiger partial charge in [0.15, 0.2) is 11.9 Å². The van der Waals surface area contributed by atoms with E-state index in [1.165, 1.54) is 11.0 Å². The predicted octanol–water partition coefficient (Wildman–Crippen LogP) is 5.96. The van der Waals surface area contributed by atoms with Crippen LogP contribution in [0.4, 0.5) is 4.79 Å². The first-order chi connectivity index (χ1) is 20.1. The highest BCUT2D eigenvalue weighted by Crippen LogP contribution is 2.28. The maximum Gasteiger partial charge on any atom is 0.416 e. The molecule has 0 aliphatic carbocycles. The Morgan fingerprint density at radius 3 is 2.20 bits per heavy atom. The van der Waals surface area contributed by atoms with Gasteiger partial charge in [-0.2, -0.15) is 0 Å². The summed E-state index contributed by atoms with van der Waals surface area (Å²) in [6.07, 6.45) is 12.5. The van der Waals surface area contributed by atoms with E-state index in [2.05, 4.69) is 0 Å². The third-order valence-electron chi connectivity index (χ3n) is 7.66. The maximum absolute atomic E-state index is 14.1. The molecule has 218 valence electrons. The second kappa shape index (κ2) is 15.9. The molecule has 3 atom stereocenters. The van der Waals surface area contributed by atoms with Crippen LogP contribution in [0.1, 0.15) is 62.5 Å². The highest BCUT2D eigenvalue weighted by Gasteiger charge is 2.45. The number of carbonyl (C=O) groups excluding carboxylic acids is 3. The Hall–Kier alpha value is -3.71. The first-order valence-corrected chi connectivity index (χ1v) is 14.8. The third kappa shape index (κ3) is 8.89. The van der Waals surface area contributed by atoms with Crippen LogP contribution >= 0.6 is 0 Å². The van der Waals surface area contributed by atoms with Gasteiger partial charge in [-0.1, -0.05) is 92.8 Å². The third-order valence-corrected chi connectivity index (χ3v) is 7.66. The lowest BCUT2D eigenvalue weighted by Crippen LogP contribution is -2.49. The minimum absolute atomic E-state index is 0.115. The van der Waals surface area contributed by atoms with E-state index in [-0.39, 0.29) is 25.4 Å².